The van der Waals surface area contributed by atoms with Gasteiger partial charge in [0.15, 0.2) is 0 Å². The summed E-state index contributed by atoms with van der Waals surface area (Å²) in [6.45, 7) is 9.91. The normalized spacial score (nSPS) is 15.6. The van der Waals surface area contributed by atoms with Crippen molar-refractivity contribution in [1.29, 1.82) is 0 Å². The molecule has 0 aromatic heterocycles. The fourth-order valence-corrected chi connectivity index (χ4v) is 4.21. The summed E-state index contributed by atoms with van der Waals surface area (Å²) in [5.41, 5.74) is 4.82. The third kappa shape index (κ3) is 4.14. The van der Waals surface area contributed by atoms with Crippen LogP contribution in [-0.2, 0) is 17.6 Å². The van der Waals surface area contributed by atoms with E-state index in [9.17, 15) is 4.79 Å². The van der Waals surface area contributed by atoms with Crippen LogP contribution >= 0.6 is 0 Å². The van der Waals surface area contributed by atoms with E-state index < -0.39 is 5.97 Å². The summed E-state index contributed by atoms with van der Waals surface area (Å²) in [5.74, 6) is 1.77. The molecule has 1 aliphatic carbocycles. The van der Waals surface area contributed by atoms with E-state index in [1.807, 2.05) is 6.07 Å². The van der Waals surface area contributed by atoms with Gasteiger partial charge in [0.1, 0.15) is 11.5 Å². The highest BCUT2D eigenvalue weighted by Crippen LogP contribution is 2.46. The van der Waals surface area contributed by atoms with Crippen molar-refractivity contribution >= 4 is 16.7 Å². The van der Waals surface area contributed by atoms with Crippen LogP contribution in [-0.4, -0.2) is 13.1 Å². The van der Waals surface area contributed by atoms with Crippen molar-refractivity contribution in [2.24, 2.45) is 5.92 Å². The predicted octanol–water partition coefficient (Wildman–Crippen LogP) is 6.10. The molecule has 0 spiro atoms. The molecule has 3 heteroatoms. The second kappa shape index (κ2) is 8.64. The SMILES string of the molecule is C=CC(=O)Oc1c2c(c(OC)c3cc(C)ccc13)CCC(CCC=C(C)C)C2. The van der Waals surface area contributed by atoms with E-state index in [1.54, 1.807) is 7.11 Å². The number of fused-ring (bicyclic) bond motifs is 2. The molecule has 0 radical (unpaired) electrons. The second-order valence-corrected chi connectivity index (χ2v) is 7.96. The van der Waals surface area contributed by atoms with Gasteiger partial charge >= 0.3 is 5.97 Å². The Labute approximate surface area is 168 Å². The summed E-state index contributed by atoms with van der Waals surface area (Å²) in [6, 6.07) is 6.20. The largest absolute Gasteiger partial charge is 0.496 e. The van der Waals surface area contributed by atoms with E-state index in [2.05, 4.69) is 45.6 Å². The van der Waals surface area contributed by atoms with Crippen molar-refractivity contribution < 1.29 is 14.3 Å². The molecule has 0 aliphatic heterocycles. The molecule has 0 saturated heterocycles. The molecule has 3 rings (SSSR count). The Balaban J connectivity index is 2.10. The molecule has 2 aromatic carbocycles. The van der Waals surface area contributed by atoms with E-state index in [0.29, 0.717) is 11.7 Å². The molecular formula is C25H30O3. The van der Waals surface area contributed by atoms with Crippen LogP contribution in [0.3, 0.4) is 0 Å². The zero-order valence-electron chi connectivity index (χ0n) is 17.4. The van der Waals surface area contributed by atoms with E-state index in [1.165, 1.54) is 17.2 Å². The summed E-state index contributed by atoms with van der Waals surface area (Å²) >= 11 is 0. The first kappa shape index (κ1) is 20.2. The number of carbonyl (C=O) groups excluding carboxylic acids is 1. The quantitative estimate of drug-likeness (QED) is 0.264. The van der Waals surface area contributed by atoms with Crippen molar-refractivity contribution in [3.8, 4) is 11.5 Å². The van der Waals surface area contributed by atoms with Gasteiger partial charge < -0.3 is 9.47 Å². The predicted molar refractivity (Wildman–Crippen MR) is 115 cm³/mol. The first-order chi connectivity index (χ1) is 13.4. The van der Waals surface area contributed by atoms with Crippen molar-refractivity contribution in [3.05, 3.63) is 59.2 Å². The Hall–Kier alpha value is -2.55. The van der Waals surface area contributed by atoms with Crippen LogP contribution in [0, 0.1) is 12.8 Å². The molecule has 1 unspecified atom stereocenters. The lowest BCUT2D eigenvalue weighted by Crippen LogP contribution is -2.18. The maximum Gasteiger partial charge on any atom is 0.335 e. The Kier molecular flexibility index (Phi) is 6.23. The molecule has 148 valence electrons. The fraction of sp³-hybridized carbons (Fsp3) is 0.400. The van der Waals surface area contributed by atoms with Gasteiger partial charge in [0, 0.05) is 28.0 Å². The molecule has 0 bridgehead atoms. The molecule has 3 nitrogen and oxygen atoms in total. The van der Waals surface area contributed by atoms with Crippen LogP contribution < -0.4 is 9.47 Å². The number of ether oxygens (including phenoxy) is 2. The molecule has 1 atom stereocenters. The zero-order chi connectivity index (χ0) is 20.3. The molecular weight excluding hydrogens is 348 g/mol. The van der Waals surface area contributed by atoms with Gasteiger partial charge in [-0.1, -0.05) is 35.9 Å². The summed E-state index contributed by atoms with van der Waals surface area (Å²) in [6.07, 6.45) is 8.75. The highest BCUT2D eigenvalue weighted by atomic mass is 16.5. The number of rotatable bonds is 6. The highest BCUT2D eigenvalue weighted by molar-refractivity contribution is 5.99. The standard InChI is InChI=1S/C25H30O3/c1-6-23(26)28-25-20-12-10-17(4)14-21(20)24(27-5)19-13-11-18(15-22(19)25)9-7-8-16(2)3/h6,8,10,12,14,18H,1,7,9,11,13,15H2,2-5H3. The van der Waals surface area contributed by atoms with Crippen molar-refractivity contribution in [1.82, 2.24) is 0 Å². The van der Waals surface area contributed by atoms with Crippen LogP contribution in [0.1, 0.15) is 49.8 Å². The molecule has 0 amide bonds. The number of carbonyl (C=O) groups is 1. The summed E-state index contributed by atoms with van der Waals surface area (Å²) < 4.78 is 11.6. The van der Waals surface area contributed by atoms with Crippen LogP contribution in [0.4, 0.5) is 0 Å². The maximum absolute atomic E-state index is 12.1. The van der Waals surface area contributed by atoms with Gasteiger partial charge in [-0.25, -0.2) is 4.79 Å². The first-order valence-corrected chi connectivity index (χ1v) is 10.0. The summed E-state index contributed by atoms with van der Waals surface area (Å²) in [5, 5.41) is 1.94. The van der Waals surface area contributed by atoms with E-state index in [0.717, 1.165) is 59.8 Å². The topological polar surface area (TPSA) is 35.5 Å². The zero-order valence-corrected chi connectivity index (χ0v) is 17.4. The van der Waals surface area contributed by atoms with Gasteiger partial charge in [0.05, 0.1) is 7.11 Å². The molecule has 0 N–H and O–H groups in total. The average Bonchev–Trinajstić information content (AvgIpc) is 2.67. The van der Waals surface area contributed by atoms with E-state index in [-0.39, 0.29) is 0 Å². The number of aryl methyl sites for hydroxylation is 1. The molecule has 2 aromatic rings. The van der Waals surface area contributed by atoms with Crippen LogP contribution in [0.2, 0.25) is 0 Å². The Morgan fingerprint density at radius 3 is 2.68 bits per heavy atom. The fourth-order valence-electron chi connectivity index (χ4n) is 4.21. The van der Waals surface area contributed by atoms with Gasteiger partial charge in [-0.15, -0.1) is 0 Å². The molecule has 0 fully saturated rings. The minimum absolute atomic E-state index is 0.416. The smallest absolute Gasteiger partial charge is 0.335 e. The number of benzene rings is 2. The van der Waals surface area contributed by atoms with Crippen LogP contribution in [0.5, 0.6) is 11.5 Å². The minimum atomic E-state index is -0.416. The van der Waals surface area contributed by atoms with Crippen molar-refractivity contribution in [3.63, 3.8) is 0 Å². The Morgan fingerprint density at radius 1 is 1.21 bits per heavy atom. The van der Waals surface area contributed by atoms with Crippen LogP contribution in [0.15, 0.2) is 42.5 Å². The van der Waals surface area contributed by atoms with Gasteiger partial charge in [-0.05, 0) is 64.9 Å². The third-order valence-electron chi connectivity index (χ3n) is 5.57. The van der Waals surface area contributed by atoms with E-state index in [4.69, 9.17) is 9.47 Å². The lowest BCUT2D eigenvalue weighted by Gasteiger charge is -2.29. The average molecular weight is 379 g/mol. The highest BCUT2D eigenvalue weighted by Gasteiger charge is 2.28. The monoisotopic (exact) mass is 378 g/mol. The Bertz CT molecular complexity index is 933. The van der Waals surface area contributed by atoms with Gasteiger partial charge in [-0.2, -0.15) is 0 Å². The first-order valence-electron chi connectivity index (χ1n) is 10.0. The van der Waals surface area contributed by atoms with E-state index >= 15 is 0 Å². The van der Waals surface area contributed by atoms with Crippen molar-refractivity contribution in [2.45, 2.75) is 52.9 Å². The molecule has 28 heavy (non-hydrogen) atoms. The minimum Gasteiger partial charge on any atom is -0.496 e. The third-order valence-corrected chi connectivity index (χ3v) is 5.57. The molecule has 0 saturated carbocycles. The van der Waals surface area contributed by atoms with Gasteiger partial charge in [0.2, 0.25) is 0 Å². The van der Waals surface area contributed by atoms with Crippen LogP contribution in [0.25, 0.3) is 10.8 Å². The molecule has 1 aliphatic rings. The summed E-state index contributed by atoms with van der Waals surface area (Å²) in [7, 11) is 1.73. The number of esters is 1. The summed E-state index contributed by atoms with van der Waals surface area (Å²) in [4.78, 5) is 12.1. The Morgan fingerprint density at radius 2 is 2.00 bits per heavy atom. The lowest BCUT2D eigenvalue weighted by molar-refractivity contribution is -0.128. The van der Waals surface area contributed by atoms with Crippen molar-refractivity contribution in [2.75, 3.05) is 7.11 Å². The lowest BCUT2D eigenvalue weighted by atomic mass is 9.79. The number of methoxy groups -OCH3 is 1. The number of hydrogen-bond acceptors (Lipinski definition) is 3. The second-order valence-electron chi connectivity index (χ2n) is 7.96. The number of allylic oxidation sites excluding steroid dienone is 2. The number of hydrogen-bond donors (Lipinski definition) is 0. The van der Waals surface area contributed by atoms with Gasteiger partial charge in [-0.3, -0.25) is 0 Å². The molecule has 0 heterocycles. The maximum atomic E-state index is 12.1. The van der Waals surface area contributed by atoms with Gasteiger partial charge in [0.25, 0.3) is 0 Å².